The lowest BCUT2D eigenvalue weighted by Crippen LogP contribution is -2.27. The number of aliphatic hydroxyl groups is 1. The van der Waals surface area contributed by atoms with Gasteiger partial charge < -0.3 is 9.84 Å². The van der Waals surface area contributed by atoms with Gasteiger partial charge in [0.25, 0.3) is 0 Å². The van der Waals surface area contributed by atoms with Gasteiger partial charge in [-0.1, -0.05) is 11.6 Å². The Bertz CT molecular complexity index is 218. The van der Waals surface area contributed by atoms with Gasteiger partial charge in [-0.15, -0.1) is 0 Å². The van der Waals surface area contributed by atoms with Crippen molar-refractivity contribution in [1.29, 1.82) is 0 Å². The van der Waals surface area contributed by atoms with Crippen molar-refractivity contribution in [3.05, 3.63) is 11.6 Å². The third kappa shape index (κ3) is 1.10. The van der Waals surface area contributed by atoms with Crippen molar-refractivity contribution in [3.8, 4) is 0 Å². The molecule has 2 fully saturated rings. The number of aliphatic hydroxyl groups excluding tert-OH is 1. The zero-order chi connectivity index (χ0) is 8.77. The van der Waals surface area contributed by atoms with E-state index in [1.54, 1.807) is 0 Å². The minimum atomic E-state index is -0.380. The van der Waals surface area contributed by atoms with Crippen molar-refractivity contribution in [1.82, 2.24) is 0 Å². The maximum atomic E-state index is 9.82. The predicted molar refractivity (Wildman–Crippen MR) is 46.9 cm³/mol. The average Bonchev–Trinajstić information content (AvgIpc) is 2.55. The highest BCUT2D eigenvalue weighted by atomic mass is 16.6. The van der Waals surface area contributed by atoms with Gasteiger partial charge in [0.1, 0.15) is 11.7 Å². The van der Waals surface area contributed by atoms with E-state index < -0.39 is 0 Å². The Balaban J connectivity index is 2.05. The van der Waals surface area contributed by atoms with Crippen LogP contribution in [0.15, 0.2) is 11.6 Å². The Morgan fingerprint density at radius 3 is 2.83 bits per heavy atom. The second-order valence-corrected chi connectivity index (χ2v) is 4.14. The first kappa shape index (κ1) is 8.27. The number of fused-ring (bicyclic) bond motifs is 1. The van der Waals surface area contributed by atoms with Crippen molar-refractivity contribution >= 4 is 0 Å². The third-order valence-electron chi connectivity index (χ3n) is 2.88. The minimum Gasteiger partial charge on any atom is -0.386 e. The highest BCUT2D eigenvalue weighted by Gasteiger charge is 2.62. The molecule has 2 nitrogen and oxygen atoms in total. The van der Waals surface area contributed by atoms with Crippen molar-refractivity contribution in [2.45, 2.75) is 50.9 Å². The van der Waals surface area contributed by atoms with Gasteiger partial charge in [-0.2, -0.15) is 0 Å². The van der Waals surface area contributed by atoms with E-state index in [2.05, 4.69) is 0 Å². The number of allylic oxidation sites excluding steroid dienone is 1. The van der Waals surface area contributed by atoms with E-state index in [-0.39, 0.29) is 11.7 Å². The second kappa shape index (κ2) is 2.57. The van der Waals surface area contributed by atoms with Crippen LogP contribution < -0.4 is 0 Å². The number of epoxide rings is 1. The third-order valence-corrected chi connectivity index (χ3v) is 2.88. The van der Waals surface area contributed by atoms with Gasteiger partial charge in [0.15, 0.2) is 0 Å². The van der Waals surface area contributed by atoms with E-state index in [0.717, 1.165) is 18.4 Å². The average molecular weight is 168 g/mol. The minimum absolute atomic E-state index is 0.169. The van der Waals surface area contributed by atoms with Crippen LogP contribution in [-0.2, 0) is 4.74 Å². The van der Waals surface area contributed by atoms with E-state index in [9.17, 15) is 5.11 Å². The highest BCUT2D eigenvalue weighted by Crippen LogP contribution is 2.52. The van der Waals surface area contributed by atoms with Crippen LogP contribution in [0.3, 0.4) is 0 Å². The normalized spacial score (nSPS) is 40.4. The van der Waals surface area contributed by atoms with Crippen LogP contribution in [0.5, 0.6) is 0 Å². The second-order valence-electron chi connectivity index (χ2n) is 4.14. The summed E-state index contributed by atoms with van der Waals surface area (Å²) in [7, 11) is 0. The molecule has 0 bridgehead atoms. The molecule has 1 heterocycles. The molecule has 1 saturated carbocycles. The Kier molecular flexibility index (Phi) is 1.77. The quantitative estimate of drug-likeness (QED) is 0.502. The summed E-state index contributed by atoms with van der Waals surface area (Å²) in [5.74, 6) is 0. The molecule has 0 aromatic heterocycles. The predicted octanol–water partition coefficient (Wildman–Crippen LogP) is 1.64. The van der Waals surface area contributed by atoms with Crippen LogP contribution in [0.2, 0.25) is 0 Å². The first-order valence-electron chi connectivity index (χ1n) is 4.66. The molecule has 12 heavy (non-hydrogen) atoms. The molecule has 2 aliphatic rings. The largest absolute Gasteiger partial charge is 0.386 e. The van der Waals surface area contributed by atoms with Crippen molar-refractivity contribution in [2.75, 3.05) is 0 Å². The SMILES string of the molecule is CC(C)=CC(O)[C@@]12CCC[C@@H]1O2. The molecule has 0 amide bonds. The molecule has 1 saturated heterocycles. The maximum absolute atomic E-state index is 9.82. The molecule has 0 aromatic carbocycles. The number of ether oxygens (including phenoxy) is 1. The summed E-state index contributed by atoms with van der Waals surface area (Å²) in [6.07, 6.45) is 5.25. The lowest BCUT2D eigenvalue weighted by Gasteiger charge is -2.13. The molecule has 1 N–H and O–H groups in total. The summed E-state index contributed by atoms with van der Waals surface area (Å²) in [6, 6.07) is 0. The van der Waals surface area contributed by atoms with Crippen LogP contribution in [-0.4, -0.2) is 22.9 Å². The van der Waals surface area contributed by atoms with Gasteiger partial charge in [0.2, 0.25) is 0 Å². The lowest BCUT2D eigenvalue weighted by molar-refractivity contribution is 0.102. The molecule has 0 aromatic rings. The standard InChI is InChI=1S/C10H16O2/c1-7(2)6-8(11)10-5-3-4-9(10)12-10/h6,8-9,11H,3-5H2,1-2H3/t8?,9-,10-/m0/s1. The summed E-state index contributed by atoms with van der Waals surface area (Å²) in [4.78, 5) is 0. The summed E-state index contributed by atoms with van der Waals surface area (Å²) in [6.45, 7) is 4.01. The van der Waals surface area contributed by atoms with Gasteiger partial charge in [-0.25, -0.2) is 0 Å². The van der Waals surface area contributed by atoms with Crippen LogP contribution in [0, 0.1) is 0 Å². The number of rotatable bonds is 2. The van der Waals surface area contributed by atoms with Gasteiger partial charge in [0, 0.05) is 0 Å². The topological polar surface area (TPSA) is 32.8 Å². The van der Waals surface area contributed by atoms with Gasteiger partial charge in [-0.05, 0) is 33.1 Å². The van der Waals surface area contributed by atoms with E-state index in [1.807, 2.05) is 19.9 Å². The van der Waals surface area contributed by atoms with Gasteiger partial charge >= 0.3 is 0 Å². The summed E-state index contributed by atoms with van der Waals surface area (Å²) in [5.41, 5.74) is 0.995. The fourth-order valence-corrected chi connectivity index (χ4v) is 2.18. The molecule has 2 heteroatoms. The van der Waals surface area contributed by atoms with E-state index in [4.69, 9.17) is 4.74 Å². The first-order chi connectivity index (χ1) is 5.65. The smallest absolute Gasteiger partial charge is 0.124 e. The van der Waals surface area contributed by atoms with Gasteiger partial charge in [0.05, 0.1) is 6.10 Å². The van der Waals surface area contributed by atoms with Crippen LogP contribution in [0.4, 0.5) is 0 Å². The number of hydrogen-bond acceptors (Lipinski definition) is 2. The molecule has 68 valence electrons. The molecule has 1 aliphatic carbocycles. The first-order valence-corrected chi connectivity index (χ1v) is 4.66. The zero-order valence-electron chi connectivity index (χ0n) is 7.71. The fourth-order valence-electron chi connectivity index (χ4n) is 2.18. The maximum Gasteiger partial charge on any atom is 0.124 e. The molecule has 2 rings (SSSR count). The summed E-state index contributed by atoms with van der Waals surface area (Å²) < 4.78 is 5.51. The van der Waals surface area contributed by atoms with E-state index >= 15 is 0 Å². The zero-order valence-corrected chi connectivity index (χ0v) is 7.71. The Morgan fingerprint density at radius 1 is 1.67 bits per heavy atom. The summed E-state index contributed by atoms with van der Waals surface area (Å²) in [5, 5.41) is 9.82. The highest BCUT2D eigenvalue weighted by molar-refractivity contribution is 5.18. The number of hydrogen-bond donors (Lipinski definition) is 1. The van der Waals surface area contributed by atoms with E-state index in [0.29, 0.717) is 6.10 Å². The van der Waals surface area contributed by atoms with Crippen LogP contribution in [0.25, 0.3) is 0 Å². The monoisotopic (exact) mass is 168 g/mol. The molecule has 3 atom stereocenters. The van der Waals surface area contributed by atoms with Crippen molar-refractivity contribution < 1.29 is 9.84 Å². The molecular formula is C10H16O2. The van der Waals surface area contributed by atoms with E-state index in [1.165, 1.54) is 6.42 Å². The Morgan fingerprint density at radius 2 is 2.42 bits per heavy atom. The van der Waals surface area contributed by atoms with Crippen molar-refractivity contribution in [3.63, 3.8) is 0 Å². The van der Waals surface area contributed by atoms with Crippen LogP contribution >= 0.6 is 0 Å². The fraction of sp³-hybridized carbons (Fsp3) is 0.800. The summed E-state index contributed by atoms with van der Waals surface area (Å²) >= 11 is 0. The van der Waals surface area contributed by atoms with Crippen LogP contribution in [0.1, 0.15) is 33.1 Å². The Hall–Kier alpha value is -0.340. The van der Waals surface area contributed by atoms with Gasteiger partial charge in [-0.3, -0.25) is 0 Å². The molecule has 0 spiro atoms. The van der Waals surface area contributed by atoms with Crippen molar-refractivity contribution in [2.24, 2.45) is 0 Å². The molecule has 1 aliphatic heterocycles. The lowest BCUT2D eigenvalue weighted by atomic mass is 9.98. The Labute approximate surface area is 73.2 Å². The molecule has 1 unspecified atom stereocenters. The molecular weight excluding hydrogens is 152 g/mol. The molecule has 0 radical (unpaired) electrons.